The zero-order chi connectivity index (χ0) is 19.5. The first-order valence-electron chi connectivity index (χ1n) is 9.83. The number of aryl methyl sites for hydroxylation is 1. The molecule has 0 saturated carbocycles. The predicted octanol–water partition coefficient (Wildman–Crippen LogP) is 4.97. The molecule has 28 heavy (non-hydrogen) atoms. The molecular formula is C23H25N3O2. The fourth-order valence-corrected chi connectivity index (χ4v) is 3.86. The maximum atomic E-state index is 9.18. The minimum atomic E-state index is 0.762. The van der Waals surface area contributed by atoms with Gasteiger partial charge in [0.05, 0.1) is 12.3 Å². The molecule has 1 aliphatic rings. The topological polar surface area (TPSA) is 61.9 Å². The van der Waals surface area contributed by atoms with Crippen LogP contribution >= 0.6 is 0 Å². The third-order valence-electron chi connectivity index (χ3n) is 5.48. The van der Waals surface area contributed by atoms with Crippen molar-refractivity contribution in [3.05, 3.63) is 65.7 Å². The first-order chi connectivity index (χ1) is 13.7. The molecule has 3 aromatic rings. The SMILES string of the molecule is CCN(CC)Cc1cc(-c2ccncc2)c(-c2ccc3c(c2)CC/C3=N/O)o1. The summed E-state index contributed by atoms with van der Waals surface area (Å²) in [5, 5.41) is 12.6. The second-order valence-corrected chi connectivity index (χ2v) is 7.07. The Morgan fingerprint density at radius 3 is 2.50 bits per heavy atom. The van der Waals surface area contributed by atoms with Crippen LogP contribution in [0.3, 0.4) is 0 Å². The third kappa shape index (κ3) is 3.45. The smallest absolute Gasteiger partial charge is 0.142 e. The minimum Gasteiger partial charge on any atom is -0.459 e. The van der Waals surface area contributed by atoms with Crippen LogP contribution in [-0.4, -0.2) is 33.9 Å². The molecule has 0 bridgehead atoms. The summed E-state index contributed by atoms with van der Waals surface area (Å²) >= 11 is 0. The molecule has 0 amide bonds. The first-order valence-corrected chi connectivity index (χ1v) is 9.83. The van der Waals surface area contributed by atoms with E-state index in [0.29, 0.717) is 0 Å². The summed E-state index contributed by atoms with van der Waals surface area (Å²) in [5.74, 6) is 1.84. The van der Waals surface area contributed by atoms with Crippen molar-refractivity contribution in [3.63, 3.8) is 0 Å². The largest absolute Gasteiger partial charge is 0.459 e. The van der Waals surface area contributed by atoms with Gasteiger partial charge in [0.1, 0.15) is 11.5 Å². The molecule has 1 N–H and O–H groups in total. The molecule has 2 heterocycles. The number of nitrogens with zero attached hydrogens (tertiary/aromatic N) is 3. The summed E-state index contributed by atoms with van der Waals surface area (Å²) in [6.45, 7) is 7.09. The zero-order valence-corrected chi connectivity index (χ0v) is 16.4. The van der Waals surface area contributed by atoms with Gasteiger partial charge in [-0.3, -0.25) is 9.88 Å². The number of hydrogen-bond donors (Lipinski definition) is 1. The highest BCUT2D eigenvalue weighted by atomic mass is 16.4. The second-order valence-electron chi connectivity index (χ2n) is 7.07. The Kier molecular flexibility index (Phi) is 5.26. The van der Waals surface area contributed by atoms with Crippen LogP contribution in [-0.2, 0) is 13.0 Å². The van der Waals surface area contributed by atoms with Crippen molar-refractivity contribution in [1.29, 1.82) is 0 Å². The molecule has 0 aliphatic heterocycles. The molecule has 5 nitrogen and oxygen atoms in total. The number of rotatable bonds is 6. The van der Waals surface area contributed by atoms with Crippen molar-refractivity contribution in [3.8, 4) is 22.5 Å². The van der Waals surface area contributed by atoms with Crippen molar-refractivity contribution < 1.29 is 9.62 Å². The first kappa shape index (κ1) is 18.4. The number of fused-ring (bicyclic) bond motifs is 1. The van der Waals surface area contributed by atoms with Gasteiger partial charge in [-0.25, -0.2) is 0 Å². The van der Waals surface area contributed by atoms with Crippen LogP contribution in [0, 0.1) is 0 Å². The van der Waals surface area contributed by atoms with Crippen molar-refractivity contribution in [2.75, 3.05) is 13.1 Å². The van der Waals surface area contributed by atoms with Gasteiger partial charge in [0.2, 0.25) is 0 Å². The van der Waals surface area contributed by atoms with Crippen LogP contribution in [0.1, 0.15) is 37.2 Å². The quantitative estimate of drug-likeness (QED) is 0.488. The average Bonchev–Trinajstić information content (AvgIpc) is 3.36. The van der Waals surface area contributed by atoms with Crippen LogP contribution in [0.5, 0.6) is 0 Å². The third-order valence-corrected chi connectivity index (χ3v) is 5.48. The summed E-state index contributed by atoms with van der Waals surface area (Å²) in [6, 6.07) is 12.4. The van der Waals surface area contributed by atoms with Crippen molar-refractivity contribution >= 4 is 5.71 Å². The normalized spacial score (nSPS) is 14.8. The van der Waals surface area contributed by atoms with Crippen molar-refractivity contribution in [2.24, 2.45) is 5.16 Å². The van der Waals surface area contributed by atoms with E-state index in [1.807, 2.05) is 30.6 Å². The van der Waals surface area contributed by atoms with Crippen molar-refractivity contribution in [1.82, 2.24) is 9.88 Å². The number of furan rings is 1. The Labute approximate surface area is 165 Å². The molecule has 4 rings (SSSR count). The van der Waals surface area contributed by atoms with E-state index in [-0.39, 0.29) is 0 Å². The number of benzene rings is 1. The highest BCUT2D eigenvalue weighted by molar-refractivity contribution is 6.04. The Morgan fingerprint density at radius 2 is 1.79 bits per heavy atom. The van der Waals surface area contributed by atoms with Crippen LogP contribution < -0.4 is 0 Å². The number of oxime groups is 1. The fourth-order valence-electron chi connectivity index (χ4n) is 3.86. The van der Waals surface area contributed by atoms with E-state index in [1.165, 1.54) is 5.56 Å². The Hall–Kier alpha value is -2.92. The minimum absolute atomic E-state index is 0.762. The lowest BCUT2D eigenvalue weighted by Gasteiger charge is -2.15. The maximum Gasteiger partial charge on any atom is 0.142 e. The van der Waals surface area contributed by atoms with Gasteiger partial charge >= 0.3 is 0 Å². The Morgan fingerprint density at radius 1 is 1.00 bits per heavy atom. The maximum absolute atomic E-state index is 9.18. The molecule has 0 saturated heterocycles. The highest BCUT2D eigenvalue weighted by Gasteiger charge is 2.21. The summed E-state index contributed by atoms with van der Waals surface area (Å²) in [6.07, 6.45) is 5.28. The molecule has 0 spiro atoms. The van der Waals surface area contributed by atoms with Crippen LogP contribution in [0.15, 0.2) is 58.4 Å². The molecule has 0 atom stereocenters. The summed E-state index contributed by atoms with van der Waals surface area (Å²) < 4.78 is 6.36. The van der Waals surface area contributed by atoms with Gasteiger partial charge in [-0.2, -0.15) is 0 Å². The van der Waals surface area contributed by atoms with Crippen LogP contribution in [0.4, 0.5) is 0 Å². The van der Waals surface area contributed by atoms with Crippen LogP contribution in [0.2, 0.25) is 0 Å². The van der Waals surface area contributed by atoms with E-state index in [4.69, 9.17) is 4.42 Å². The molecule has 0 fully saturated rings. The lowest BCUT2D eigenvalue weighted by atomic mass is 9.99. The van der Waals surface area contributed by atoms with E-state index < -0.39 is 0 Å². The summed E-state index contributed by atoms with van der Waals surface area (Å²) in [4.78, 5) is 6.48. The number of aromatic nitrogens is 1. The van der Waals surface area contributed by atoms with Gasteiger partial charge < -0.3 is 9.62 Å². The van der Waals surface area contributed by atoms with E-state index in [9.17, 15) is 5.21 Å². The standard InChI is InChI=1S/C23H25N3O2/c1-3-26(4-2)15-19-14-21(16-9-11-24-12-10-16)23(28-19)18-5-7-20-17(13-18)6-8-22(20)25-27/h5,7,9-14,27H,3-4,6,8,15H2,1-2H3/b25-22-. The van der Waals surface area contributed by atoms with E-state index in [0.717, 1.165) is 72.0 Å². The molecular weight excluding hydrogens is 350 g/mol. The van der Waals surface area contributed by atoms with Crippen LogP contribution in [0.25, 0.3) is 22.5 Å². The second kappa shape index (κ2) is 7.98. The summed E-state index contributed by atoms with van der Waals surface area (Å²) in [7, 11) is 0. The van der Waals surface area contributed by atoms with Gasteiger partial charge in [0.15, 0.2) is 0 Å². The molecule has 144 valence electrons. The zero-order valence-electron chi connectivity index (χ0n) is 16.4. The Balaban J connectivity index is 1.78. The molecule has 2 aromatic heterocycles. The average molecular weight is 375 g/mol. The Bertz CT molecular complexity index is 988. The molecule has 1 aromatic carbocycles. The van der Waals surface area contributed by atoms with Gasteiger partial charge in [-0.1, -0.05) is 31.1 Å². The lowest BCUT2D eigenvalue weighted by Crippen LogP contribution is -2.21. The van der Waals surface area contributed by atoms with Crippen molar-refractivity contribution in [2.45, 2.75) is 33.2 Å². The fraction of sp³-hybridized carbons (Fsp3) is 0.304. The molecule has 0 unspecified atom stereocenters. The highest BCUT2D eigenvalue weighted by Crippen LogP contribution is 2.37. The van der Waals surface area contributed by atoms with E-state index in [2.05, 4.69) is 47.1 Å². The van der Waals surface area contributed by atoms with E-state index >= 15 is 0 Å². The molecule has 5 heteroatoms. The van der Waals surface area contributed by atoms with Gasteiger partial charge in [0.25, 0.3) is 0 Å². The van der Waals surface area contributed by atoms with Gasteiger partial charge in [-0.15, -0.1) is 0 Å². The monoisotopic (exact) mass is 375 g/mol. The van der Waals surface area contributed by atoms with Gasteiger partial charge in [-0.05, 0) is 61.3 Å². The van der Waals surface area contributed by atoms with E-state index in [1.54, 1.807) is 0 Å². The lowest BCUT2D eigenvalue weighted by molar-refractivity contribution is 0.270. The molecule has 0 radical (unpaired) electrons. The number of pyridine rings is 1. The number of hydrogen-bond acceptors (Lipinski definition) is 5. The summed E-state index contributed by atoms with van der Waals surface area (Å²) in [5.41, 5.74) is 6.23. The predicted molar refractivity (Wildman–Crippen MR) is 111 cm³/mol. The van der Waals surface area contributed by atoms with Gasteiger partial charge in [0, 0.05) is 29.1 Å². The molecule has 1 aliphatic carbocycles.